The first-order valence-corrected chi connectivity index (χ1v) is 6.47. The molecule has 0 amide bonds. The number of pyridine rings is 1. The van der Waals surface area contributed by atoms with Gasteiger partial charge in [0.15, 0.2) is 0 Å². The van der Waals surface area contributed by atoms with Crippen molar-refractivity contribution in [2.24, 2.45) is 0 Å². The molecule has 0 aliphatic heterocycles. The van der Waals surface area contributed by atoms with Crippen LogP contribution >= 0.6 is 0 Å². The minimum absolute atomic E-state index is 0.319. The summed E-state index contributed by atoms with van der Waals surface area (Å²) in [7, 11) is 0. The summed E-state index contributed by atoms with van der Waals surface area (Å²) in [5.41, 5.74) is 1.43. The first-order valence-electron chi connectivity index (χ1n) is 6.47. The smallest absolute Gasteiger partial charge is 0.363 e. The van der Waals surface area contributed by atoms with Gasteiger partial charge in [0.25, 0.3) is 0 Å². The Morgan fingerprint density at radius 2 is 2.16 bits per heavy atom. The number of rotatable bonds is 6. The first kappa shape index (κ1) is 14.1. The molecule has 106 valence electrons. The maximum absolute atomic E-state index is 12.6. The standard InChI is InChI=1S/C13H18F3N3/c1-2-19(9-13(14,15)16)12-5-6-17-7-10(12)8-18-11-3-4-11/h5-7,11,18H,2-4,8-9H2,1H3. The van der Waals surface area contributed by atoms with Gasteiger partial charge in [0.1, 0.15) is 6.54 Å². The molecule has 0 radical (unpaired) electrons. The zero-order chi connectivity index (χ0) is 13.9. The van der Waals surface area contributed by atoms with E-state index in [9.17, 15) is 13.2 Å². The topological polar surface area (TPSA) is 28.2 Å². The Kier molecular flexibility index (Phi) is 4.29. The van der Waals surface area contributed by atoms with Gasteiger partial charge in [-0.25, -0.2) is 0 Å². The van der Waals surface area contributed by atoms with E-state index in [-0.39, 0.29) is 0 Å². The van der Waals surface area contributed by atoms with Gasteiger partial charge >= 0.3 is 6.18 Å². The highest BCUT2D eigenvalue weighted by molar-refractivity contribution is 5.52. The van der Waals surface area contributed by atoms with Gasteiger partial charge < -0.3 is 10.2 Å². The van der Waals surface area contributed by atoms with Gasteiger partial charge in [0.05, 0.1) is 0 Å². The number of hydrogen-bond donors (Lipinski definition) is 1. The van der Waals surface area contributed by atoms with Crippen molar-refractivity contribution < 1.29 is 13.2 Å². The van der Waals surface area contributed by atoms with E-state index in [1.807, 2.05) is 0 Å². The third-order valence-electron chi connectivity index (χ3n) is 3.13. The highest BCUT2D eigenvalue weighted by Crippen LogP contribution is 2.26. The predicted molar refractivity (Wildman–Crippen MR) is 68.0 cm³/mol. The van der Waals surface area contributed by atoms with Gasteiger partial charge in [0.2, 0.25) is 0 Å². The second-order valence-electron chi connectivity index (χ2n) is 4.79. The molecule has 1 aromatic heterocycles. The SMILES string of the molecule is CCN(CC(F)(F)F)c1ccncc1CNC1CC1. The van der Waals surface area contributed by atoms with E-state index < -0.39 is 12.7 Å². The minimum Gasteiger partial charge on any atom is -0.363 e. The monoisotopic (exact) mass is 273 g/mol. The number of halogens is 3. The van der Waals surface area contributed by atoms with Crippen LogP contribution in [0.25, 0.3) is 0 Å². The third kappa shape index (κ3) is 4.38. The summed E-state index contributed by atoms with van der Waals surface area (Å²) in [5, 5.41) is 3.31. The third-order valence-corrected chi connectivity index (χ3v) is 3.13. The normalized spacial score (nSPS) is 15.6. The number of nitrogens with zero attached hydrogens (tertiary/aromatic N) is 2. The number of anilines is 1. The zero-order valence-electron chi connectivity index (χ0n) is 10.9. The predicted octanol–water partition coefficient (Wildman–Crippen LogP) is 2.72. The lowest BCUT2D eigenvalue weighted by atomic mass is 10.2. The molecule has 0 aromatic carbocycles. The Hall–Kier alpha value is -1.30. The summed E-state index contributed by atoms with van der Waals surface area (Å²) in [6.45, 7) is 1.69. The summed E-state index contributed by atoms with van der Waals surface area (Å²) in [5.74, 6) is 0. The molecule has 1 N–H and O–H groups in total. The van der Waals surface area contributed by atoms with Crippen LogP contribution in [0.4, 0.5) is 18.9 Å². The van der Waals surface area contributed by atoms with Gasteiger partial charge in [-0.15, -0.1) is 0 Å². The fraction of sp³-hybridized carbons (Fsp3) is 0.615. The van der Waals surface area contributed by atoms with Crippen molar-refractivity contribution in [1.82, 2.24) is 10.3 Å². The average molecular weight is 273 g/mol. The number of nitrogens with one attached hydrogen (secondary N) is 1. The van der Waals surface area contributed by atoms with E-state index in [1.54, 1.807) is 19.2 Å². The van der Waals surface area contributed by atoms with Crippen LogP contribution in [0.2, 0.25) is 0 Å². The zero-order valence-corrected chi connectivity index (χ0v) is 10.9. The van der Waals surface area contributed by atoms with Crippen LogP contribution in [0.3, 0.4) is 0 Å². The molecule has 2 rings (SSSR count). The summed E-state index contributed by atoms with van der Waals surface area (Å²) in [6.07, 6.45) is 1.28. The van der Waals surface area contributed by atoms with Crippen molar-refractivity contribution in [2.45, 2.75) is 38.5 Å². The van der Waals surface area contributed by atoms with Crippen LogP contribution < -0.4 is 10.2 Å². The van der Waals surface area contributed by atoms with Crippen molar-refractivity contribution in [1.29, 1.82) is 0 Å². The van der Waals surface area contributed by atoms with Crippen LogP contribution in [0.5, 0.6) is 0 Å². The maximum Gasteiger partial charge on any atom is 0.405 e. The molecule has 1 aliphatic rings. The summed E-state index contributed by atoms with van der Waals surface area (Å²) in [6, 6.07) is 2.17. The Bertz CT molecular complexity index is 416. The fourth-order valence-electron chi connectivity index (χ4n) is 1.99. The number of hydrogen-bond acceptors (Lipinski definition) is 3. The van der Waals surface area contributed by atoms with E-state index in [4.69, 9.17) is 0 Å². The lowest BCUT2D eigenvalue weighted by Gasteiger charge is -2.26. The molecule has 0 bridgehead atoms. The Balaban J connectivity index is 2.10. The highest BCUT2D eigenvalue weighted by Gasteiger charge is 2.31. The van der Waals surface area contributed by atoms with Crippen molar-refractivity contribution in [2.75, 3.05) is 18.0 Å². The van der Waals surface area contributed by atoms with Gasteiger partial charge in [-0.3, -0.25) is 4.98 Å². The summed E-state index contributed by atoms with van der Waals surface area (Å²) in [4.78, 5) is 5.35. The number of alkyl halides is 3. The Morgan fingerprint density at radius 3 is 2.74 bits per heavy atom. The molecule has 1 saturated carbocycles. The Labute approximate surface area is 110 Å². The van der Waals surface area contributed by atoms with Crippen LogP contribution in [0.15, 0.2) is 18.5 Å². The van der Waals surface area contributed by atoms with Crippen molar-refractivity contribution in [3.8, 4) is 0 Å². The molecule has 0 atom stereocenters. The molecule has 1 aliphatic carbocycles. The fourth-order valence-corrected chi connectivity index (χ4v) is 1.99. The molecule has 6 heteroatoms. The van der Waals surface area contributed by atoms with Crippen LogP contribution in [0, 0.1) is 0 Å². The quantitative estimate of drug-likeness (QED) is 0.863. The molecular formula is C13H18F3N3. The summed E-state index contributed by atoms with van der Waals surface area (Å²) < 4.78 is 37.7. The average Bonchev–Trinajstić information content (AvgIpc) is 3.17. The molecule has 0 unspecified atom stereocenters. The van der Waals surface area contributed by atoms with Crippen LogP contribution in [-0.4, -0.2) is 30.3 Å². The molecule has 19 heavy (non-hydrogen) atoms. The molecule has 0 spiro atoms. The second-order valence-corrected chi connectivity index (χ2v) is 4.79. The Morgan fingerprint density at radius 1 is 1.42 bits per heavy atom. The van der Waals surface area contributed by atoms with Crippen molar-refractivity contribution in [3.63, 3.8) is 0 Å². The van der Waals surface area contributed by atoms with Crippen LogP contribution in [-0.2, 0) is 6.54 Å². The van der Waals surface area contributed by atoms with E-state index in [2.05, 4.69) is 10.3 Å². The van der Waals surface area contributed by atoms with E-state index >= 15 is 0 Å². The van der Waals surface area contributed by atoms with E-state index in [1.165, 1.54) is 11.1 Å². The largest absolute Gasteiger partial charge is 0.405 e. The molecular weight excluding hydrogens is 255 g/mol. The maximum atomic E-state index is 12.6. The minimum atomic E-state index is -4.19. The molecule has 1 fully saturated rings. The van der Waals surface area contributed by atoms with Gasteiger partial charge in [-0.2, -0.15) is 13.2 Å². The van der Waals surface area contributed by atoms with Crippen molar-refractivity contribution >= 4 is 5.69 Å². The second kappa shape index (κ2) is 5.77. The summed E-state index contributed by atoms with van der Waals surface area (Å²) >= 11 is 0. The van der Waals surface area contributed by atoms with Crippen LogP contribution in [0.1, 0.15) is 25.3 Å². The first-order chi connectivity index (χ1) is 8.99. The van der Waals surface area contributed by atoms with Gasteiger partial charge in [-0.05, 0) is 25.8 Å². The van der Waals surface area contributed by atoms with E-state index in [0.29, 0.717) is 24.8 Å². The highest BCUT2D eigenvalue weighted by atomic mass is 19.4. The molecule has 1 aromatic rings. The number of aromatic nitrogens is 1. The van der Waals surface area contributed by atoms with Gasteiger partial charge in [-0.1, -0.05) is 0 Å². The van der Waals surface area contributed by atoms with Gasteiger partial charge in [0, 0.05) is 42.8 Å². The molecule has 1 heterocycles. The van der Waals surface area contributed by atoms with E-state index in [0.717, 1.165) is 18.4 Å². The van der Waals surface area contributed by atoms with Crippen molar-refractivity contribution in [3.05, 3.63) is 24.0 Å². The lowest BCUT2D eigenvalue weighted by Crippen LogP contribution is -2.35. The lowest BCUT2D eigenvalue weighted by molar-refractivity contribution is -0.119. The molecule has 3 nitrogen and oxygen atoms in total. The molecule has 0 saturated heterocycles.